The van der Waals surface area contributed by atoms with Gasteiger partial charge in [-0.1, -0.05) is 18.2 Å². The molecule has 1 N–H and O–H groups in total. The fraction of sp³-hybridized carbons (Fsp3) is 0.700. The zero-order valence-electron chi connectivity index (χ0n) is 15.3. The Morgan fingerprint density at radius 2 is 1.92 bits per heavy atom. The third-order valence-corrected chi connectivity index (χ3v) is 5.78. The van der Waals surface area contributed by atoms with Gasteiger partial charge in [-0.3, -0.25) is 4.90 Å². The minimum absolute atomic E-state index is 0.161. The van der Waals surface area contributed by atoms with Crippen molar-refractivity contribution in [3.8, 4) is 0 Å². The molecule has 0 aromatic heterocycles. The monoisotopic (exact) mass is 333 g/mol. The van der Waals surface area contributed by atoms with Gasteiger partial charge in [-0.2, -0.15) is 0 Å². The van der Waals surface area contributed by atoms with Crippen molar-refractivity contribution in [2.24, 2.45) is 0 Å². The molecule has 1 unspecified atom stereocenters. The van der Waals surface area contributed by atoms with E-state index in [9.17, 15) is 5.11 Å². The molecule has 0 saturated carbocycles. The van der Waals surface area contributed by atoms with Gasteiger partial charge in [0.25, 0.3) is 0 Å². The van der Waals surface area contributed by atoms with E-state index in [4.69, 9.17) is 9.47 Å². The molecule has 134 valence electrons. The second-order valence-electron chi connectivity index (χ2n) is 7.81. The molecule has 24 heavy (non-hydrogen) atoms. The predicted molar refractivity (Wildman–Crippen MR) is 95.2 cm³/mol. The molecule has 3 rings (SSSR count). The van der Waals surface area contributed by atoms with Crippen LogP contribution in [-0.2, 0) is 16.0 Å². The minimum atomic E-state index is -0.719. The number of aryl methyl sites for hydroxylation is 2. The standard InChI is InChI=1S/C20H31NO3/c1-16-4-5-18(12-17(16)2)13-21-9-6-20(7-10-21)14-19(22,15-23-3)8-11-24-20/h4-5,12,22H,6-11,13-15H2,1-3H3. The Morgan fingerprint density at radius 3 is 2.58 bits per heavy atom. The van der Waals surface area contributed by atoms with Gasteiger partial charge < -0.3 is 14.6 Å². The van der Waals surface area contributed by atoms with Crippen molar-refractivity contribution in [1.29, 1.82) is 0 Å². The van der Waals surface area contributed by atoms with Crippen LogP contribution in [0.5, 0.6) is 0 Å². The lowest BCUT2D eigenvalue weighted by Gasteiger charge is -2.49. The van der Waals surface area contributed by atoms with Gasteiger partial charge in [0.2, 0.25) is 0 Å². The summed E-state index contributed by atoms with van der Waals surface area (Å²) in [6, 6.07) is 6.75. The fourth-order valence-corrected chi connectivity index (χ4v) is 4.19. The molecule has 2 saturated heterocycles. The maximum atomic E-state index is 10.7. The highest BCUT2D eigenvalue weighted by molar-refractivity contribution is 5.29. The Kier molecular flexibility index (Phi) is 5.30. The quantitative estimate of drug-likeness (QED) is 0.920. The van der Waals surface area contributed by atoms with E-state index in [2.05, 4.69) is 36.9 Å². The van der Waals surface area contributed by atoms with Gasteiger partial charge in [0.05, 0.1) is 24.4 Å². The smallest absolute Gasteiger partial charge is 0.0929 e. The lowest BCUT2D eigenvalue weighted by Crippen LogP contribution is -2.55. The number of nitrogens with zero attached hydrogens (tertiary/aromatic N) is 1. The number of piperidine rings is 1. The van der Waals surface area contributed by atoms with Crippen LogP contribution in [0.15, 0.2) is 18.2 Å². The molecule has 0 radical (unpaired) electrons. The van der Waals surface area contributed by atoms with Gasteiger partial charge in [0, 0.05) is 39.6 Å². The van der Waals surface area contributed by atoms with E-state index in [0.29, 0.717) is 26.1 Å². The topological polar surface area (TPSA) is 41.9 Å². The SMILES string of the molecule is COCC1(O)CCOC2(CCN(Cc3ccc(C)c(C)c3)CC2)C1. The van der Waals surface area contributed by atoms with Crippen LogP contribution >= 0.6 is 0 Å². The molecule has 1 aromatic rings. The first-order chi connectivity index (χ1) is 11.4. The summed E-state index contributed by atoms with van der Waals surface area (Å²) in [4.78, 5) is 2.50. The molecule has 1 atom stereocenters. The van der Waals surface area contributed by atoms with Crippen molar-refractivity contribution < 1.29 is 14.6 Å². The zero-order valence-corrected chi connectivity index (χ0v) is 15.3. The molecule has 1 spiro atoms. The van der Waals surface area contributed by atoms with Crippen LogP contribution < -0.4 is 0 Å². The number of methoxy groups -OCH3 is 1. The number of aliphatic hydroxyl groups is 1. The van der Waals surface area contributed by atoms with Gasteiger partial charge in [0.1, 0.15) is 0 Å². The summed E-state index contributed by atoms with van der Waals surface area (Å²) in [7, 11) is 1.66. The van der Waals surface area contributed by atoms with E-state index in [-0.39, 0.29) is 5.60 Å². The van der Waals surface area contributed by atoms with E-state index < -0.39 is 5.60 Å². The van der Waals surface area contributed by atoms with E-state index in [0.717, 1.165) is 32.5 Å². The maximum absolute atomic E-state index is 10.7. The van der Waals surface area contributed by atoms with E-state index in [1.54, 1.807) is 7.11 Å². The van der Waals surface area contributed by atoms with E-state index >= 15 is 0 Å². The maximum Gasteiger partial charge on any atom is 0.0929 e. The van der Waals surface area contributed by atoms with E-state index in [1.807, 2.05) is 0 Å². The summed E-state index contributed by atoms with van der Waals surface area (Å²) >= 11 is 0. The molecule has 4 heteroatoms. The molecule has 0 amide bonds. The molecule has 2 aliphatic rings. The largest absolute Gasteiger partial charge is 0.387 e. The van der Waals surface area contributed by atoms with Gasteiger partial charge in [-0.25, -0.2) is 0 Å². The second kappa shape index (κ2) is 7.12. The Hall–Kier alpha value is -0.940. The van der Waals surface area contributed by atoms with Crippen molar-refractivity contribution in [3.05, 3.63) is 34.9 Å². The van der Waals surface area contributed by atoms with Crippen molar-refractivity contribution in [2.45, 2.75) is 57.3 Å². The third kappa shape index (κ3) is 3.99. The molecule has 0 bridgehead atoms. The summed E-state index contributed by atoms with van der Waals surface area (Å²) in [5, 5.41) is 10.7. The molecule has 1 aromatic carbocycles. The lowest BCUT2D eigenvalue weighted by molar-refractivity contribution is -0.191. The van der Waals surface area contributed by atoms with Crippen molar-refractivity contribution in [3.63, 3.8) is 0 Å². The number of benzene rings is 1. The average Bonchev–Trinajstić information content (AvgIpc) is 2.53. The molecular weight excluding hydrogens is 302 g/mol. The highest BCUT2D eigenvalue weighted by Gasteiger charge is 2.46. The summed E-state index contributed by atoms with van der Waals surface area (Å²) in [6.45, 7) is 8.43. The predicted octanol–water partition coefficient (Wildman–Crippen LogP) is 2.83. The lowest BCUT2D eigenvalue weighted by atomic mass is 9.77. The summed E-state index contributed by atoms with van der Waals surface area (Å²) in [6.07, 6.45) is 3.36. The Labute approximate surface area is 145 Å². The normalized spacial score (nSPS) is 27.5. The van der Waals surface area contributed by atoms with Gasteiger partial charge in [-0.15, -0.1) is 0 Å². The second-order valence-corrected chi connectivity index (χ2v) is 7.81. The molecule has 2 aliphatic heterocycles. The van der Waals surface area contributed by atoms with Gasteiger partial charge in [-0.05, 0) is 43.4 Å². The van der Waals surface area contributed by atoms with Gasteiger partial charge >= 0.3 is 0 Å². The molecular formula is C20H31NO3. The Morgan fingerprint density at radius 1 is 1.17 bits per heavy atom. The first-order valence-corrected chi connectivity index (χ1v) is 9.07. The zero-order chi connectivity index (χ0) is 17.2. The number of likely N-dealkylation sites (tertiary alicyclic amines) is 1. The number of rotatable bonds is 4. The highest BCUT2D eigenvalue weighted by Crippen LogP contribution is 2.40. The molecule has 0 aliphatic carbocycles. The summed E-state index contributed by atoms with van der Waals surface area (Å²) in [5.41, 5.74) is 3.22. The highest BCUT2D eigenvalue weighted by atomic mass is 16.5. The van der Waals surface area contributed by atoms with Crippen LogP contribution in [0.3, 0.4) is 0 Å². The van der Waals surface area contributed by atoms with Crippen LogP contribution in [0.25, 0.3) is 0 Å². The molecule has 4 nitrogen and oxygen atoms in total. The first kappa shape index (κ1) is 17.9. The number of hydrogen-bond acceptors (Lipinski definition) is 4. The van der Waals surface area contributed by atoms with Crippen molar-refractivity contribution in [1.82, 2.24) is 4.90 Å². The van der Waals surface area contributed by atoms with E-state index in [1.165, 1.54) is 16.7 Å². The van der Waals surface area contributed by atoms with Crippen LogP contribution in [0.4, 0.5) is 0 Å². The molecule has 2 heterocycles. The average molecular weight is 333 g/mol. The Balaban J connectivity index is 1.58. The summed E-state index contributed by atoms with van der Waals surface area (Å²) < 4.78 is 11.4. The van der Waals surface area contributed by atoms with Crippen molar-refractivity contribution in [2.75, 3.05) is 33.4 Å². The number of ether oxygens (including phenoxy) is 2. The van der Waals surface area contributed by atoms with Crippen LogP contribution in [0, 0.1) is 13.8 Å². The number of hydrogen-bond donors (Lipinski definition) is 1. The summed E-state index contributed by atoms with van der Waals surface area (Å²) in [5.74, 6) is 0. The minimum Gasteiger partial charge on any atom is -0.387 e. The Bertz CT molecular complexity index is 562. The fourth-order valence-electron chi connectivity index (χ4n) is 4.19. The van der Waals surface area contributed by atoms with Gasteiger partial charge in [0.15, 0.2) is 0 Å². The van der Waals surface area contributed by atoms with Crippen LogP contribution in [0.1, 0.15) is 42.4 Å². The van der Waals surface area contributed by atoms with Crippen LogP contribution in [-0.4, -0.2) is 54.6 Å². The molecule has 2 fully saturated rings. The van der Waals surface area contributed by atoms with Crippen molar-refractivity contribution >= 4 is 0 Å². The third-order valence-electron chi connectivity index (χ3n) is 5.78. The first-order valence-electron chi connectivity index (χ1n) is 9.07. The van der Waals surface area contributed by atoms with Crippen LogP contribution in [0.2, 0.25) is 0 Å².